The van der Waals surface area contributed by atoms with E-state index in [0.29, 0.717) is 5.75 Å². The molecule has 2 heterocycles. The molecule has 0 saturated carbocycles. The Balaban J connectivity index is 2.30. The Hall–Kier alpha value is -0.840. The van der Waals surface area contributed by atoms with Gasteiger partial charge in [0.2, 0.25) is 0 Å². The largest absolute Gasteiger partial charge is 0.304 e. The second-order valence-electron chi connectivity index (χ2n) is 2.94. The molecular formula is C9H7BrN4S2. The van der Waals surface area contributed by atoms with E-state index in [9.17, 15) is 0 Å². The minimum absolute atomic E-state index is 0.389. The number of aromatic nitrogens is 3. The number of hydrogen-bond donors (Lipinski definition) is 0. The van der Waals surface area contributed by atoms with Crippen LogP contribution in [0.15, 0.2) is 21.1 Å². The first kappa shape index (κ1) is 11.6. The Morgan fingerprint density at radius 3 is 3.06 bits per heavy atom. The van der Waals surface area contributed by atoms with Crippen LogP contribution in [0.4, 0.5) is 0 Å². The molecule has 0 saturated heterocycles. The van der Waals surface area contributed by atoms with Crippen LogP contribution in [-0.4, -0.2) is 20.5 Å². The fourth-order valence-electron chi connectivity index (χ4n) is 1.18. The number of nitrogens with zero attached hydrogens (tertiary/aromatic N) is 4. The molecule has 0 unspecified atom stereocenters. The van der Waals surface area contributed by atoms with Crippen LogP contribution in [0.2, 0.25) is 0 Å². The normalized spacial score (nSPS) is 10.3. The molecule has 0 fully saturated rings. The van der Waals surface area contributed by atoms with Gasteiger partial charge in [-0.3, -0.25) is 0 Å². The monoisotopic (exact) mass is 314 g/mol. The molecule has 7 heteroatoms. The molecule has 0 radical (unpaired) electrons. The average Bonchev–Trinajstić information content (AvgIpc) is 2.83. The number of rotatable bonds is 3. The van der Waals surface area contributed by atoms with Crippen molar-refractivity contribution in [2.45, 2.75) is 5.16 Å². The van der Waals surface area contributed by atoms with Crippen LogP contribution >= 0.6 is 39.0 Å². The Kier molecular flexibility index (Phi) is 3.63. The maximum atomic E-state index is 8.51. The van der Waals surface area contributed by atoms with Crippen LogP contribution in [0.5, 0.6) is 0 Å². The highest BCUT2D eigenvalue weighted by Gasteiger charge is 2.12. The van der Waals surface area contributed by atoms with E-state index < -0.39 is 0 Å². The summed E-state index contributed by atoms with van der Waals surface area (Å²) in [4.78, 5) is 1.06. The average molecular weight is 315 g/mol. The van der Waals surface area contributed by atoms with Crippen LogP contribution < -0.4 is 0 Å². The Bertz CT molecular complexity index is 540. The molecule has 0 bridgehead atoms. The summed E-state index contributed by atoms with van der Waals surface area (Å²) < 4.78 is 2.95. The van der Waals surface area contributed by atoms with Gasteiger partial charge in [0, 0.05) is 16.9 Å². The summed E-state index contributed by atoms with van der Waals surface area (Å²) >= 11 is 6.41. The predicted octanol–water partition coefficient (Wildman–Crippen LogP) is 2.92. The summed E-state index contributed by atoms with van der Waals surface area (Å²) in [6, 6.07) is 4.08. The number of thiophene rings is 1. The zero-order valence-electron chi connectivity index (χ0n) is 8.35. The zero-order valence-corrected chi connectivity index (χ0v) is 11.6. The van der Waals surface area contributed by atoms with Gasteiger partial charge >= 0.3 is 0 Å². The third-order valence-electron chi connectivity index (χ3n) is 1.89. The van der Waals surface area contributed by atoms with Crippen molar-refractivity contribution in [3.05, 3.63) is 15.9 Å². The summed E-state index contributed by atoms with van der Waals surface area (Å²) in [5.74, 6) is 1.22. The van der Waals surface area contributed by atoms with Crippen molar-refractivity contribution >= 4 is 39.0 Å². The molecule has 0 aromatic carbocycles. The first-order valence-electron chi connectivity index (χ1n) is 4.36. The van der Waals surface area contributed by atoms with Gasteiger partial charge in [-0.2, -0.15) is 5.26 Å². The van der Waals surface area contributed by atoms with Crippen molar-refractivity contribution in [1.29, 1.82) is 5.26 Å². The minimum atomic E-state index is 0.389. The van der Waals surface area contributed by atoms with E-state index in [2.05, 4.69) is 32.2 Å². The summed E-state index contributed by atoms with van der Waals surface area (Å²) in [6.07, 6.45) is 0. The molecule has 2 aromatic rings. The molecule has 0 spiro atoms. The molecule has 0 aliphatic carbocycles. The fraction of sp³-hybridized carbons (Fsp3) is 0.222. The standard InChI is InChI=1S/C9H7BrN4S2/c1-14-8(7-4-6(10)5-16-7)12-13-9(14)15-3-2-11/h4-5H,3H2,1H3. The van der Waals surface area contributed by atoms with Crippen molar-refractivity contribution in [3.63, 3.8) is 0 Å². The number of hydrogen-bond acceptors (Lipinski definition) is 5. The van der Waals surface area contributed by atoms with Crippen molar-refractivity contribution in [2.75, 3.05) is 5.75 Å². The van der Waals surface area contributed by atoms with Gasteiger partial charge in [-0.25, -0.2) is 0 Å². The maximum Gasteiger partial charge on any atom is 0.192 e. The lowest BCUT2D eigenvalue weighted by Crippen LogP contribution is -1.93. The van der Waals surface area contributed by atoms with Gasteiger partial charge < -0.3 is 4.57 Å². The lowest BCUT2D eigenvalue weighted by molar-refractivity contribution is 0.796. The molecule has 4 nitrogen and oxygen atoms in total. The molecule has 0 aliphatic heterocycles. The van der Waals surface area contributed by atoms with Crippen molar-refractivity contribution < 1.29 is 0 Å². The van der Waals surface area contributed by atoms with Crippen LogP contribution in [0.3, 0.4) is 0 Å². The van der Waals surface area contributed by atoms with Gasteiger partial charge in [0.25, 0.3) is 0 Å². The van der Waals surface area contributed by atoms with Gasteiger partial charge in [0.15, 0.2) is 11.0 Å². The van der Waals surface area contributed by atoms with E-state index in [1.807, 2.05) is 23.1 Å². The van der Waals surface area contributed by atoms with E-state index >= 15 is 0 Å². The first-order chi connectivity index (χ1) is 7.72. The molecule has 0 N–H and O–H groups in total. The quantitative estimate of drug-likeness (QED) is 0.817. The fourth-order valence-corrected chi connectivity index (χ4v) is 3.20. The van der Waals surface area contributed by atoms with Crippen molar-refractivity contribution in [2.24, 2.45) is 7.05 Å². The molecule has 16 heavy (non-hydrogen) atoms. The van der Waals surface area contributed by atoms with Gasteiger partial charge in [-0.15, -0.1) is 21.5 Å². The molecule has 0 atom stereocenters. The number of nitriles is 1. The highest BCUT2D eigenvalue weighted by molar-refractivity contribution is 9.10. The van der Waals surface area contributed by atoms with Crippen LogP contribution in [0, 0.1) is 11.3 Å². The Morgan fingerprint density at radius 1 is 1.62 bits per heavy atom. The van der Waals surface area contributed by atoms with Crippen LogP contribution in [-0.2, 0) is 7.05 Å². The third-order valence-corrected chi connectivity index (χ3v) is 4.46. The highest BCUT2D eigenvalue weighted by atomic mass is 79.9. The van der Waals surface area contributed by atoms with Crippen LogP contribution in [0.25, 0.3) is 10.7 Å². The van der Waals surface area contributed by atoms with Crippen LogP contribution in [0.1, 0.15) is 0 Å². The molecule has 2 rings (SSSR count). The molecular weight excluding hydrogens is 308 g/mol. The second-order valence-corrected chi connectivity index (χ2v) is 5.71. The Labute approximate surface area is 109 Å². The van der Waals surface area contributed by atoms with E-state index in [1.165, 1.54) is 11.8 Å². The smallest absolute Gasteiger partial charge is 0.192 e. The molecule has 82 valence electrons. The first-order valence-corrected chi connectivity index (χ1v) is 7.01. The minimum Gasteiger partial charge on any atom is -0.304 e. The van der Waals surface area contributed by atoms with E-state index in [1.54, 1.807) is 11.3 Å². The van der Waals surface area contributed by atoms with Crippen molar-refractivity contribution in [3.8, 4) is 16.8 Å². The second kappa shape index (κ2) is 4.99. The summed E-state index contributed by atoms with van der Waals surface area (Å²) in [5.41, 5.74) is 0. The lowest BCUT2D eigenvalue weighted by Gasteiger charge is -1.99. The van der Waals surface area contributed by atoms with Gasteiger partial charge in [-0.05, 0) is 22.0 Å². The number of halogens is 1. The Morgan fingerprint density at radius 2 is 2.44 bits per heavy atom. The topological polar surface area (TPSA) is 54.5 Å². The summed E-state index contributed by atoms with van der Waals surface area (Å²) in [5, 5.41) is 19.5. The number of thioether (sulfide) groups is 1. The molecule has 0 aliphatic rings. The summed E-state index contributed by atoms with van der Waals surface area (Å²) in [7, 11) is 1.91. The lowest BCUT2D eigenvalue weighted by atomic mass is 10.4. The van der Waals surface area contributed by atoms with Gasteiger partial charge in [0.1, 0.15) is 0 Å². The SMILES string of the molecule is Cn1c(SCC#N)nnc1-c1cc(Br)cs1. The zero-order chi connectivity index (χ0) is 11.5. The van der Waals surface area contributed by atoms with Gasteiger partial charge in [0.05, 0.1) is 16.7 Å². The summed E-state index contributed by atoms with van der Waals surface area (Å²) in [6.45, 7) is 0. The van der Waals surface area contributed by atoms with E-state index in [-0.39, 0.29) is 0 Å². The predicted molar refractivity (Wildman–Crippen MR) is 68.4 cm³/mol. The van der Waals surface area contributed by atoms with E-state index in [4.69, 9.17) is 5.26 Å². The molecule has 0 amide bonds. The third kappa shape index (κ3) is 2.29. The highest BCUT2D eigenvalue weighted by Crippen LogP contribution is 2.29. The molecule has 2 aromatic heterocycles. The van der Waals surface area contributed by atoms with Crippen molar-refractivity contribution in [1.82, 2.24) is 14.8 Å². The maximum absolute atomic E-state index is 8.51. The van der Waals surface area contributed by atoms with E-state index in [0.717, 1.165) is 20.3 Å². The van der Waals surface area contributed by atoms with Gasteiger partial charge in [-0.1, -0.05) is 11.8 Å².